The number of benzene rings is 1. The molecule has 27 heavy (non-hydrogen) atoms. The van der Waals surface area contributed by atoms with Crippen molar-refractivity contribution in [2.75, 3.05) is 12.3 Å². The average Bonchev–Trinajstić information content (AvgIpc) is 3.09. The van der Waals surface area contributed by atoms with Crippen molar-refractivity contribution in [3.05, 3.63) is 63.2 Å². The van der Waals surface area contributed by atoms with Crippen molar-refractivity contribution < 1.29 is 4.79 Å². The Bertz CT molecular complexity index is 1050. The van der Waals surface area contributed by atoms with E-state index in [1.807, 2.05) is 4.90 Å². The Morgan fingerprint density at radius 1 is 1.33 bits per heavy atom. The van der Waals surface area contributed by atoms with Gasteiger partial charge in [0.05, 0.1) is 11.4 Å². The van der Waals surface area contributed by atoms with Gasteiger partial charge >= 0.3 is 0 Å². The first-order valence-electron chi connectivity index (χ1n) is 8.86. The van der Waals surface area contributed by atoms with E-state index < -0.39 is 0 Å². The van der Waals surface area contributed by atoms with Crippen LogP contribution in [-0.2, 0) is 19.4 Å². The summed E-state index contributed by atoms with van der Waals surface area (Å²) in [6.07, 6.45) is 1.60. The molecule has 2 aromatic heterocycles. The molecule has 0 aliphatic carbocycles. The third-order valence-corrected chi connectivity index (χ3v) is 4.81. The largest absolute Gasteiger partial charge is 0.369 e. The van der Waals surface area contributed by atoms with E-state index >= 15 is 0 Å². The fraction of sp³-hybridized carbons (Fsp3) is 0.263. The average molecular weight is 364 g/mol. The van der Waals surface area contributed by atoms with Crippen LogP contribution in [0, 0.1) is 0 Å². The van der Waals surface area contributed by atoms with Gasteiger partial charge in [0, 0.05) is 48.0 Å². The number of anilines is 1. The van der Waals surface area contributed by atoms with Crippen LogP contribution in [0.15, 0.2) is 35.1 Å². The summed E-state index contributed by atoms with van der Waals surface area (Å²) >= 11 is 0. The number of nitrogens with two attached hydrogens (primary N) is 1. The summed E-state index contributed by atoms with van der Waals surface area (Å²) < 4.78 is 0. The molecule has 4 rings (SSSR count). The lowest BCUT2D eigenvalue weighted by Crippen LogP contribution is -2.36. The lowest BCUT2D eigenvalue weighted by Gasteiger charge is -2.27. The highest BCUT2D eigenvalue weighted by Crippen LogP contribution is 2.24. The molecular formula is C19H20N6O2. The summed E-state index contributed by atoms with van der Waals surface area (Å²) in [5.74, 6) is -0.00610. The first-order valence-corrected chi connectivity index (χ1v) is 8.86. The summed E-state index contributed by atoms with van der Waals surface area (Å²) in [7, 11) is 0. The minimum atomic E-state index is -0.329. The molecule has 0 unspecified atom stereocenters. The second-order valence-electron chi connectivity index (χ2n) is 6.55. The first kappa shape index (κ1) is 17.0. The van der Waals surface area contributed by atoms with E-state index in [0.717, 1.165) is 29.8 Å². The smallest absolute Gasteiger partial charge is 0.254 e. The maximum atomic E-state index is 13.0. The topological polar surface area (TPSA) is 121 Å². The molecule has 0 fully saturated rings. The predicted molar refractivity (Wildman–Crippen MR) is 101 cm³/mol. The van der Waals surface area contributed by atoms with Crippen LogP contribution >= 0.6 is 0 Å². The summed E-state index contributed by atoms with van der Waals surface area (Å²) in [4.78, 5) is 33.1. The van der Waals surface area contributed by atoms with Gasteiger partial charge in [0.1, 0.15) is 0 Å². The minimum Gasteiger partial charge on any atom is -0.369 e. The standard InChI is InChI=1S/C19H20N6O2/c1-2-14-13-10-25(7-6-15(13)24-23-14)18(27)12-5-3-4-11(8-12)16-9-17(26)22-19(20)21-16/h3-5,8-9H,2,6-7,10H2,1H3,(H,23,24)(H3,20,21,22,26). The Kier molecular flexibility index (Phi) is 4.23. The number of H-pyrrole nitrogens is 2. The zero-order chi connectivity index (χ0) is 19.0. The lowest BCUT2D eigenvalue weighted by atomic mass is 10.0. The number of nitrogens with one attached hydrogen (secondary N) is 2. The van der Waals surface area contributed by atoms with E-state index in [1.165, 1.54) is 6.07 Å². The molecule has 0 saturated carbocycles. The Labute approximate surface area is 155 Å². The summed E-state index contributed by atoms with van der Waals surface area (Å²) in [5, 5.41) is 7.41. The van der Waals surface area contributed by atoms with Crippen LogP contribution in [0.3, 0.4) is 0 Å². The van der Waals surface area contributed by atoms with E-state index in [2.05, 4.69) is 27.1 Å². The van der Waals surface area contributed by atoms with E-state index in [9.17, 15) is 9.59 Å². The molecule has 0 spiro atoms. The van der Waals surface area contributed by atoms with Gasteiger partial charge in [-0.2, -0.15) is 5.10 Å². The molecule has 1 aliphatic heterocycles. The first-order chi connectivity index (χ1) is 13.0. The molecule has 3 heterocycles. The van der Waals surface area contributed by atoms with E-state index in [1.54, 1.807) is 24.3 Å². The Hall–Kier alpha value is -3.42. The number of aromatic nitrogens is 4. The van der Waals surface area contributed by atoms with Gasteiger partial charge in [-0.1, -0.05) is 19.1 Å². The Morgan fingerprint density at radius 3 is 2.96 bits per heavy atom. The van der Waals surface area contributed by atoms with Crippen LogP contribution in [-0.4, -0.2) is 37.5 Å². The van der Waals surface area contributed by atoms with Gasteiger partial charge in [-0.15, -0.1) is 0 Å². The van der Waals surface area contributed by atoms with Gasteiger partial charge < -0.3 is 10.6 Å². The molecule has 8 heteroatoms. The summed E-state index contributed by atoms with van der Waals surface area (Å²) in [6, 6.07) is 8.47. The number of rotatable bonds is 3. The van der Waals surface area contributed by atoms with Crippen LogP contribution in [0.1, 0.15) is 34.2 Å². The van der Waals surface area contributed by atoms with Gasteiger partial charge in [0.2, 0.25) is 5.95 Å². The fourth-order valence-corrected chi connectivity index (χ4v) is 3.44. The SMILES string of the molecule is CCc1n[nH]c2c1CN(C(=O)c1cccc(-c3cc(=O)[nH]c(N)n3)c1)CC2. The second kappa shape index (κ2) is 6.71. The van der Waals surface area contributed by atoms with E-state index in [-0.39, 0.29) is 17.4 Å². The van der Waals surface area contributed by atoms with Gasteiger partial charge in [-0.05, 0) is 18.6 Å². The van der Waals surface area contributed by atoms with E-state index in [4.69, 9.17) is 5.73 Å². The van der Waals surface area contributed by atoms with Crippen molar-refractivity contribution in [1.29, 1.82) is 0 Å². The Morgan fingerprint density at radius 2 is 2.19 bits per heavy atom. The maximum absolute atomic E-state index is 13.0. The number of carbonyl (C=O) groups is 1. The summed E-state index contributed by atoms with van der Waals surface area (Å²) in [6.45, 7) is 3.24. The van der Waals surface area contributed by atoms with Crippen molar-refractivity contribution in [3.63, 3.8) is 0 Å². The molecule has 8 nitrogen and oxygen atoms in total. The lowest BCUT2D eigenvalue weighted by molar-refractivity contribution is 0.0734. The third-order valence-electron chi connectivity index (χ3n) is 4.81. The second-order valence-corrected chi connectivity index (χ2v) is 6.55. The number of hydrogen-bond donors (Lipinski definition) is 3. The monoisotopic (exact) mass is 364 g/mol. The number of nitrogen functional groups attached to an aromatic ring is 1. The van der Waals surface area contributed by atoms with Crippen molar-refractivity contribution in [1.82, 2.24) is 25.1 Å². The van der Waals surface area contributed by atoms with Crippen LogP contribution < -0.4 is 11.3 Å². The van der Waals surface area contributed by atoms with Crippen LogP contribution in [0.4, 0.5) is 5.95 Å². The van der Waals surface area contributed by atoms with Gasteiger partial charge in [-0.25, -0.2) is 4.98 Å². The van der Waals surface area contributed by atoms with Crippen LogP contribution in [0.25, 0.3) is 11.3 Å². The van der Waals surface area contributed by atoms with E-state index in [0.29, 0.717) is 29.9 Å². The highest BCUT2D eigenvalue weighted by Gasteiger charge is 2.25. The van der Waals surface area contributed by atoms with Crippen molar-refractivity contribution in [3.8, 4) is 11.3 Å². The summed E-state index contributed by atoms with van der Waals surface area (Å²) in [5.41, 5.74) is 10.2. The predicted octanol–water partition coefficient (Wildman–Crippen LogP) is 1.50. The maximum Gasteiger partial charge on any atom is 0.254 e. The molecule has 0 bridgehead atoms. The molecule has 1 aromatic carbocycles. The molecule has 138 valence electrons. The van der Waals surface area contributed by atoms with Crippen LogP contribution in [0.5, 0.6) is 0 Å². The number of fused-ring (bicyclic) bond motifs is 1. The normalized spacial score (nSPS) is 13.4. The molecule has 1 amide bonds. The van der Waals surface area contributed by atoms with Gasteiger partial charge in [0.15, 0.2) is 0 Å². The number of nitrogens with zero attached hydrogens (tertiary/aromatic N) is 3. The zero-order valence-corrected chi connectivity index (χ0v) is 15.0. The van der Waals surface area contributed by atoms with Gasteiger partial charge in [0.25, 0.3) is 11.5 Å². The number of carbonyl (C=O) groups excluding carboxylic acids is 1. The number of aromatic amines is 2. The highest BCUT2D eigenvalue weighted by molar-refractivity contribution is 5.95. The number of amides is 1. The molecule has 0 radical (unpaired) electrons. The number of hydrogen-bond acceptors (Lipinski definition) is 5. The van der Waals surface area contributed by atoms with Crippen molar-refractivity contribution in [2.45, 2.75) is 26.3 Å². The quantitative estimate of drug-likeness (QED) is 0.650. The zero-order valence-electron chi connectivity index (χ0n) is 15.0. The Balaban J connectivity index is 1.62. The minimum absolute atomic E-state index is 0.0462. The molecular weight excluding hydrogens is 344 g/mol. The number of aryl methyl sites for hydroxylation is 1. The molecule has 0 atom stereocenters. The molecule has 0 saturated heterocycles. The third kappa shape index (κ3) is 3.21. The molecule has 4 N–H and O–H groups in total. The van der Waals surface area contributed by atoms with Gasteiger partial charge in [-0.3, -0.25) is 19.7 Å². The fourth-order valence-electron chi connectivity index (χ4n) is 3.44. The molecule has 3 aromatic rings. The van der Waals surface area contributed by atoms with Crippen molar-refractivity contribution in [2.24, 2.45) is 0 Å². The molecule has 1 aliphatic rings. The van der Waals surface area contributed by atoms with Crippen molar-refractivity contribution >= 4 is 11.9 Å². The van der Waals surface area contributed by atoms with Crippen LogP contribution in [0.2, 0.25) is 0 Å². The highest BCUT2D eigenvalue weighted by atomic mass is 16.2.